The Kier molecular flexibility index (Phi) is 4.62. The van der Waals surface area contributed by atoms with E-state index < -0.39 is 23.9 Å². The van der Waals surface area contributed by atoms with Gasteiger partial charge in [0.15, 0.2) is 0 Å². The van der Waals surface area contributed by atoms with Crippen molar-refractivity contribution in [2.75, 3.05) is 5.32 Å². The molecule has 1 heterocycles. The summed E-state index contributed by atoms with van der Waals surface area (Å²) in [5, 5.41) is 14.2. The third-order valence-corrected chi connectivity index (χ3v) is 4.93. The molecular formula is C16H14Cl2FN3O3. The zero-order chi connectivity index (χ0) is 18.3. The van der Waals surface area contributed by atoms with Gasteiger partial charge in [0, 0.05) is 18.3 Å². The summed E-state index contributed by atoms with van der Waals surface area (Å²) in [5.41, 5.74) is 2.02. The Labute approximate surface area is 152 Å². The van der Waals surface area contributed by atoms with Gasteiger partial charge in [-0.1, -0.05) is 23.2 Å². The highest BCUT2D eigenvalue weighted by atomic mass is 35.5. The lowest BCUT2D eigenvalue weighted by molar-refractivity contribution is 0.101. The van der Waals surface area contributed by atoms with E-state index in [1.165, 1.54) is 16.7 Å². The highest BCUT2D eigenvalue weighted by Gasteiger charge is 2.34. The molecule has 0 radical (unpaired) electrons. The number of amides is 2. The fourth-order valence-electron chi connectivity index (χ4n) is 3.12. The second-order valence-electron chi connectivity index (χ2n) is 5.71. The van der Waals surface area contributed by atoms with E-state index in [0.29, 0.717) is 40.5 Å². The number of fused-ring (bicyclic) bond motifs is 1. The largest absolute Gasteiger partial charge is 0.465 e. The predicted octanol–water partition coefficient (Wildman–Crippen LogP) is 3.98. The summed E-state index contributed by atoms with van der Waals surface area (Å²) >= 11 is 12.0. The number of aromatic nitrogens is 1. The second kappa shape index (κ2) is 6.57. The van der Waals surface area contributed by atoms with Gasteiger partial charge in [-0.3, -0.25) is 4.79 Å². The van der Waals surface area contributed by atoms with E-state index in [0.717, 1.165) is 6.07 Å². The molecule has 1 aromatic heterocycles. The third-order valence-electron chi connectivity index (χ3n) is 4.18. The van der Waals surface area contributed by atoms with Gasteiger partial charge in [-0.25, -0.2) is 9.18 Å². The van der Waals surface area contributed by atoms with E-state index >= 15 is 0 Å². The SMILES string of the molecule is Cn1c(Cl)c2c(c1C(=O)Nc1ccc(F)c(Cl)c1)CCC2NC(=O)O. The molecule has 1 unspecified atom stereocenters. The van der Waals surface area contributed by atoms with E-state index in [4.69, 9.17) is 28.3 Å². The van der Waals surface area contributed by atoms with Crippen LogP contribution in [0.25, 0.3) is 0 Å². The minimum absolute atomic E-state index is 0.0985. The van der Waals surface area contributed by atoms with Gasteiger partial charge in [0.2, 0.25) is 0 Å². The smallest absolute Gasteiger partial charge is 0.405 e. The van der Waals surface area contributed by atoms with Crippen molar-refractivity contribution in [1.82, 2.24) is 9.88 Å². The van der Waals surface area contributed by atoms with Crippen LogP contribution in [0.15, 0.2) is 18.2 Å². The number of halogens is 3. The highest BCUT2D eigenvalue weighted by Crippen LogP contribution is 2.40. The van der Waals surface area contributed by atoms with Crippen molar-refractivity contribution in [3.63, 3.8) is 0 Å². The lowest BCUT2D eigenvalue weighted by Crippen LogP contribution is -2.25. The van der Waals surface area contributed by atoms with E-state index in [1.54, 1.807) is 7.05 Å². The Morgan fingerprint density at radius 3 is 2.72 bits per heavy atom. The molecule has 9 heteroatoms. The summed E-state index contributed by atoms with van der Waals surface area (Å²) in [6.07, 6.45) is -0.0988. The molecule has 0 fully saturated rings. The fourth-order valence-corrected chi connectivity index (χ4v) is 3.63. The van der Waals surface area contributed by atoms with Crippen LogP contribution in [0.5, 0.6) is 0 Å². The summed E-state index contributed by atoms with van der Waals surface area (Å²) in [7, 11) is 1.63. The van der Waals surface area contributed by atoms with Crippen molar-refractivity contribution >= 4 is 40.9 Å². The molecule has 0 saturated heterocycles. The maximum Gasteiger partial charge on any atom is 0.405 e. The zero-order valence-electron chi connectivity index (χ0n) is 13.1. The predicted molar refractivity (Wildman–Crippen MR) is 92.0 cm³/mol. The van der Waals surface area contributed by atoms with Crippen LogP contribution in [0.1, 0.15) is 34.1 Å². The highest BCUT2D eigenvalue weighted by molar-refractivity contribution is 6.31. The third kappa shape index (κ3) is 3.17. The quantitative estimate of drug-likeness (QED) is 0.746. The van der Waals surface area contributed by atoms with Crippen molar-refractivity contribution in [3.8, 4) is 0 Å². The number of carbonyl (C=O) groups is 2. The lowest BCUT2D eigenvalue weighted by atomic mass is 10.1. The Bertz CT molecular complexity index is 882. The van der Waals surface area contributed by atoms with Gasteiger partial charge in [-0.15, -0.1) is 0 Å². The first-order valence-corrected chi connectivity index (χ1v) is 8.18. The van der Waals surface area contributed by atoms with Crippen molar-refractivity contribution in [3.05, 3.63) is 51.0 Å². The van der Waals surface area contributed by atoms with Crippen LogP contribution in [0.2, 0.25) is 10.2 Å². The fraction of sp³-hybridized carbons (Fsp3) is 0.250. The molecular weight excluding hydrogens is 372 g/mol. The molecule has 6 nitrogen and oxygen atoms in total. The summed E-state index contributed by atoms with van der Waals surface area (Å²) in [6, 6.07) is 3.42. The number of nitrogens with zero attached hydrogens (tertiary/aromatic N) is 1. The van der Waals surface area contributed by atoms with Crippen molar-refractivity contribution < 1.29 is 19.1 Å². The van der Waals surface area contributed by atoms with Crippen LogP contribution in [-0.4, -0.2) is 21.7 Å². The molecule has 0 aliphatic heterocycles. The first-order chi connectivity index (χ1) is 11.8. The van der Waals surface area contributed by atoms with Gasteiger partial charge in [0.05, 0.1) is 11.1 Å². The lowest BCUT2D eigenvalue weighted by Gasteiger charge is -2.11. The second-order valence-corrected chi connectivity index (χ2v) is 6.48. The monoisotopic (exact) mass is 385 g/mol. The molecule has 132 valence electrons. The van der Waals surface area contributed by atoms with Crippen LogP contribution in [-0.2, 0) is 13.5 Å². The number of hydrogen-bond donors (Lipinski definition) is 3. The molecule has 2 aromatic rings. The van der Waals surface area contributed by atoms with Gasteiger partial charge in [-0.2, -0.15) is 0 Å². The number of rotatable bonds is 3. The van der Waals surface area contributed by atoms with Crippen molar-refractivity contribution in [2.45, 2.75) is 18.9 Å². The maximum atomic E-state index is 13.2. The van der Waals surface area contributed by atoms with Gasteiger partial charge < -0.3 is 20.3 Å². The number of carboxylic acid groups (broad SMARTS) is 1. The summed E-state index contributed by atoms with van der Waals surface area (Å²) in [4.78, 5) is 23.6. The number of benzene rings is 1. The average Bonchev–Trinajstić information content (AvgIpc) is 3.03. The van der Waals surface area contributed by atoms with Crippen molar-refractivity contribution in [2.24, 2.45) is 7.05 Å². The zero-order valence-corrected chi connectivity index (χ0v) is 14.6. The molecule has 1 atom stereocenters. The summed E-state index contributed by atoms with van der Waals surface area (Å²) in [5.74, 6) is -1.01. The molecule has 0 bridgehead atoms. The molecule has 0 saturated carbocycles. The standard InChI is InChI=1S/C16H14Cl2FN3O3/c1-22-13(15(23)20-7-2-4-10(19)9(17)6-7)8-3-5-11(21-16(24)25)12(8)14(22)18/h2,4,6,11,21H,3,5H2,1H3,(H,20,23)(H,24,25). The topological polar surface area (TPSA) is 83.4 Å². The minimum Gasteiger partial charge on any atom is -0.465 e. The molecule has 1 aliphatic rings. The van der Waals surface area contributed by atoms with Crippen LogP contribution in [0, 0.1) is 5.82 Å². The number of anilines is 1. The number of nitrogens with one attached hydrogen (secondary N) is 2. The van der Waals surface area contributed by atoms with E-state index in [-0.39, 0.29) is 5.02 Å². The molecule has 1 aromatic carbocycles. The van der Waals surface area contributed by atoms with Crippen LogP contribution in [0.3, 0.4) is 0 Å². The molecule has 3 N–H and O–H groups in total. The molecule has 1 aliphatic carbocycles. The van der Waals surface area contributed by atoms with Gasteiger partial charge in [-0.05, 0) is 36.6 Å². The van der Waals surface area contributed by atoms with E-state index in [9.17, 15) is 14.0 Å². The van der Waals surface area contributed by atoms with Crippen LogP contribution >= 0.6 is 23.2 Å². The van der Waals surface area contributed by atoms with Gasteiger partial charge in [0.1, 0.15) is 16.7 Å². The molecule has 0 spiro atoms. The Morgan fingerprint density at radius 1 is 1.36 bits per heavy atom. The molecule has 2 amide bonds. The Hall–Kier alpha value is -2.25. The summed E-state index contributed by atoms with van der Waals surface area (Å²) in [6.45, 7) is 0. The van der Waals surface area contributed by atoms with Gasteiger partial charge in [0.25, 0.3) is 5.91 Å². The number of hydrogen-bond acceptors (Lipinski definition) is 2. The Morgan fingerprint density at radius 2 is 2.08 bits per heavy atom. The first-order valence-electron chi connectivity index (χ1n) is 7.42. The van der Waals surface area contributed by atoms with Crippen molar-refractivity contribution in [1.29, 1.82) is 0 Å². The first kappa shape index (κ1) is 17.6. The molecule has 25 heavy (non-hydrogen) atoms. The van der Waals surface area contributed by atoms with E-state index in [2.05, 4.69) is 10.6 Å². The van der Waals surface area contributed by atoms with Crippen LogP contribution in [0.4, 0.5) is 14.9 Å². The van der Waals surface area contributed by atoms with Crippen LogP contribution < -0.4 is 10.6 Å². The summed E-state index contributed by atoms with van der Waals surface area (Å²) < 4.78 is 14.7. The number of carbonyl (C=O) groups excluding carboxylic acids is 1. The van der Waals surface area contributed by atoms with E-state index in [1.807, 2.05) is 0 Å². The normalized spacial score (nSPS) is 15.8. The minimum atomic E-state index is -1.15. The average molecular weight is 386 g/mol. The van der Waals surface area contributed by atoms with Gasteiger partial charge >= 0.3 is 6.09 Å². The maximum absolute atomic E-state index is 13.2. The Balaban J connectivity index is 1.93. The molecule has 3 rings (SSSR count).